The number of aromatic nitrogens is 2. The first-order chi connectivity index (χ1) is 12.0. The minimum absolute atomic E-state index is 0.193. The summed E-state index contributed by atoms with van der Waals surface area (Å²) in [4.78, 5) is 16.4. The molecule has 1 amide bonds. The van der Waals surface area contributed by atoms with Crippen LogP contribution < -0.4 is 5.32 Å². The van der Waals surface area contributed by atoms with E-state index in [-0.39, 0.29) is 17.5 Å². The van der Waals surface area contributed by atoms with Crippen molar-refractivity contribution in [2.45, 2.75) is 19.0 Å². The van der Waals surface area contributed by atoms with E-state index in [2.05, 4.69) is 36.3 Å². The Kier molecular flexibility index (Phi) is 5.19. The van der Waals surface area contributed by atoms with Gasteiger partial charge in [-0.25, -0.2) is 9.37 Å². The Labute approximate surface area is 150 Å². The van der Waals surface area contributed by atoms with E-state index in [1.807, 2.05) is 16.8 Å². The summed E-state index contributed by atoms with van der Waals surface area (Å²) in [5, 5.41) is 3.42. The Morgan fingerprint density at radius 2 is 2.04 bits per heavy atom. The Morgan fingerprint density at radius 1 is 1.20 bits per heavy atom. The Bertz CT molecular complexity index is 907. The van der Waals surface area contributed by atoms with Gasteiger partial charge in [-0.15, -0.1) is 0 Å². The molecule has 0 aliphatic rings. The first kappa shape index (κ1) is 17.2. The lowest BCUT2D eigenvalue weighted by Crippen LogP contribution is -2.14. The number of aryl methyl sites for hydroxylation is 2. The van der Waals surface area contributed by atoms with E-state index in [0.717, 1.165) is 10.8 Å². The van der Waals surface area contributed by atoms with Gasteiger partial charge in [0.25, 0.3) is 0 Å². The van der Waals surface area contributed by atoms with Gasteiger partial charge in [-0.05, 0) is 55.3 Å². The fraction of sp³-hybridized carbons (Fsp3) is 0.158. The second-order valence-corrected chi connectivity index (χ2v) is 6.64. The number of carbonyl (C=O) groups excluding carboxylic acids is 1. The number of rotatable bonds is 5. The van der Waals surface area contributed by atoms with Crippen LogP contribution >= 0.6 is 11.8 Å². The van der Waals surface area contributed by atoms with Crippen molar-refractivity contribution >= 4 is 23.4 Å². The number of anilines is 1. The van der Waals surface area contributed by atoms with Gasteiger partial charge in [0.15, 0.2) is 5.16 Å². The molecule has 0 bridgehead atoms. The summed E-state index contributed by atoms with van der Waals surface area (Å²) in [6.45, 7) is 4.13. The second-order valence-electron chi connectivity index (χ2n) is 5.70. The van der Waals surface area contributed by atoms with Gasteiger partial charge < -0.3 is 5.32 Å². The monoisotopic (exact) mass is 355 g/mol. The normalized spacial score (nSPS) is 10.7. The van der Waals surface area contributed by atoms with Gasteiger partial charge in [0.2, 0.25) is 5.91 Å². The molecule has 0 atom stereocenters. The zero-order chi connectivity index (χ0) is 17.8. The number of nitrogens with one attached hydrogen (secondary N) is 1. The van der Waals surface area contributed by atoms with E-state index in [1.165, 1.54) is 35.0 Å². The lowest BCUT2D eigenvalue weighted by Gasteiger charge is -2.10. The van der Waals surface area contributed by atoms with Crippen LogP contribution in [0.3, 0.4) is 0 Å². The highest BCUT2D eigenvalue weighted by molar-refractivity contribution is 7.99. The minimum atomic E-state index is -0.379. The van der Waals surface area contributed by atoms with Gasteiger partial charge in [-0.1, -0.05) is 23.9 Å². The van der Waals surface area contributed by atoms with Crippen LogP contribution in [0.25, 0.3) is 5.69 Å². The van der Waals surface area contributed by atoms with Crippen LogP contribution in [-0.2, 0) is 4.79 Å². The highest BCUT2D eigenvalue weighted by atomic mass is 32.2. The molecule has 25 heavy (non-hydrogen) atoms. The first-order valence-corrected chi connectivity index (χ1v) is 8.81. The maximum absolute atomic E-state index is 13.2. The topological polar surface area (TPSA) is 46.9 Å². The predicted molar refractivity (Wildman–Crippen MR) is 98.8 cm³/mol. The van der Waals surface area contributed by atoms with Crippen molar-refractivity contribution in [2.24, 2.45) is 0 Å². The second kappa shape index (κ2) is 7.53. The number of hydrogen-bond acceptors (Lipinski definition) is 3. The molecular formula is C19H18FN3OS. The molecule has 0 radical (unpaired) electrons. The van der Waals surface area contributed by atoms with Gasteiger partial charge in [-0.3, -0.25) is 9.36 Å². The third-order valence-corrected chi connectivity index (χ3v) is 4.78. The molecule has 1 heterocycles. The van der Waals surface area contributed by atoms with Crippen molar-refractivity contribution in [1.82, 2.24) is 9.55 Å². The maximum Gasteiger partial charge on any atom is 0.234 e. The predicted octanol–water partition coefficient (Wildman–Crippen LogP) is 4.36. The average Bonchev–Trinajstić information content (AvgIpc) is 3.04. The third kappa shape index (κ3) is 4.28. The molecule has 0 saturated heterocycles. The van der Waals surface area contributed by atoms with E-state index >= 15 is 0 Å². The Balaban J connectivity index is 1.67. The number of benzene rings is 2. The molecule has 0 unspecified atom stereocenters. The van der Waals surface area contributed by atoms with Crippen LogP contribution in [0.5, 0.6) is 0 Å². The molecule has 2 aromatic carbocycles. The van der Waals surface area contributed by atoms with Crippen molar-refractivity contribution in [2.75, 3.05) is 11.1 Å². The van der Waals surface area contributed by atoms with E-state index in [4.69, 9.17) is 0 Å². The number of halogens is 1. The Morgan fingerprint density at radius 3 is 2.80 bits per heavy atom. The van der Waals surface area contributed by atoms with Crippen LogP contribution in [0, 0.1) is 19.7 Å². The third-order valence-electron chi connectivity index (χ3n) is 3.82. The molecule has 3 rings (SSSR count). The summed E-state index contributed by atoms with van der Waals surface area (Å²) in [6.07, 6.45) is 3.58. The van der Waals surface area contributed by atoms with Crippen LogP contribution in [0.1, 0.15) is 11.1 Å². The molecule has 3 aromatic rings. The molecule has 0 aliphatic heterocycles. The van der Waals surface area contributed by atoms with Gasteiger partial charge in [-0.2, -0.15) is 0 Å². The largest absolute Gasteiger partial charge is 0.325 e. The molecule has 0 aliphatic carbocycles. The fourth-order valence-electron chi connectivity index (χ4n) is 2.36. The summed E-state index contributed by atoms with van der Waals surface area (Å²) in [5.74, 6) is -0.390. The number of carbonyl (C=O) groups is 1. The quantitative estimate of drug-likeness (QED) is 0.692. The summed E-state index contributed by atoms with van der Waals surface area (Å²) in [6, 6.07) is 12.0. The summed E-state index contributed by atoms with van der Waals surface area (Å²) in [5.41, 5.74) is 3.88. The highest BCUT2D eigenvalue weighted by Crippen LogP contribution is 2.22. The van der Waals surface area contributed by atoms with Crippen LogP contribution in [-0.4, -0.2) is 21.2 Å². The standard InChI is InChI=1S/C19H18FN3OS/c1-13-6-7-17(10-14(13)2)23-9-8-21-19(23)25-12-18(24)22-16-5-3-4-15(20)11-16/h3-11H,12H2,1-2H3,(H,22,24). The number of nitrogens with zero attached hydrogens (tertiary/aromatic N) is 2. The SMILES string of the molecule is Cc1ccc(-n2ccnc2SCC(=O)Nc2cccc(F)c2)cc1C. The van der Waals surface area contributed by atoms with E-state index < -0.39 is 0 Å². The van der Waals surface area contributed by atoms with Crippen LogP contribution in [0.2, 0.25) is 0 Å². The van der Waals surface area contributed by atoms with E-state index in [0.29, 0.717) is 5.69 Å². The molecule has 0 saturated carbocycles. The lowest BCUT2D eigenvalue weighted by atomic mass is 10.1. The van der Waals surface area contributed by atoms with Gasteiger partial charge in [0, 0.05) is 23.8 Å². The van der Waals surface area contributed by atoms with Crippen molar-refractivity contribution < 1.29 is 9.18 Å². The molecule has 1 N–H and O–H groups in total. The number of amides is 1. The summed E-state index contributed by atoms with van der Waals surface area (Å²) < 4.78 is 15.1. The fourth-order valence-corrected chi connectivity index (χ4v) is 3.13. The first-order valence-electron chi connectivity index (χ1n) is 7.82. The zero-order valence-electron chi connectivity index (χ0n) is 14.0. The molecule has 4 nitrogen and oxygen atoms in total. The van der Waals surface area contributed by atoms with Gasteiger partial charge in [0.1, 0.15) is 5.82 Å². The molecule has 128 valence electrons. The van der Waals surface area contributed by atoms with Crippen LogP contribution in [0.4, 0.5) is 10.1 Å². The molecule has 6 heteroatoms. The average molecular weight is 355 g/mol. The zero-order valence-corrected chi connectivity index (χ0v) is 14.8. The molecule has 1 aromatic heterocycles. The summed E-state index contributed by atoms with van der Waals surface area (Å²) in [7, 11) is 0. The van der Waals surface area contributed by atoms with Gasteiger partial charge in [0.05, 0.1) is 5.75 Å². The highest BCUT2D eigenvalue weighted by Gasteiger charge is 2.10. The van der Waals surface area contributed by atoms with Crippen LogP contribution in [0.15, 0.2) is 60.0 Å². The maximum atomic E-state index is 13.2. The Hall–Kier alpha value is -2.60. The van der Waals surface area contributed by atoms with Gasteiger partial charge >= 0.3 is 0 Å². The molecular weight excluding hydrogens is 337 g/mol. The summed E-state index contributed by atoms with van der Waals surface area (Å²) >= 11 is 1.34. The van der Waals surface area contributed by atoms with Crippen molar-refractivity contribution in [1.29, 1.82) is 0 Å². The smallest absolute Gasteiger partial charge is 0.234 e. The number of thioether (sulfide) groups is 1. The van der Waals surface area contributed by atoms with Crippen molar-refractivity contribution in [3.05, 3.63) is 71.8 Å². The number of imidazole rings is 1. The number of hydrogen-bond donors (Lipinski definition) is 1. The van der Waals surface area contributed by atoms with Crippen molar-refractivity contribution in [3.8, 4) is 5.69 Å². The lowest BCUT2D eigenvalue weighted by molar-refractivity contribution is -0.113. The molecule has 0 spiro atoms. The van der Waals surface area contributed by atoms with E-state index in [1.54, 1.807) is 18.3 Å². The minimum Gasteiger partial charge on any atom is -0.325 e. The van der Waals surface area contributed by atoms with Crippen molar-refractivity contribution in [3.63, 3.8) is 0 Å². The van der Waals surface area contributed by atoms with E-state index in [9.17, 15) is 9.18 Å². The molecule has 0 fully saturated rings.